The number of halogens is 1. The van der Waals surface area contributed by atoms with Gasteiger partial charge in [-0.05, 0) is 60.5 Å². The molecule has 1 aliphatic rings. The van der Waals surface area contributed by atoms with Gasteiger partial charge in [0.1, 0.15) is 11.5 Å². The predicted octanol–water partition coefficient (Wildman–Crippen LogP) is 4.31. The zero-order valence-electron chi connectivity index (χ0n) is 14.6. The summed E-state index contributed by atoms with van der Waals surface area (Å²) in [5.74, 6) is 0.285. The summed E-state index contributed by atoms with van der Waals surface area (Å²) < 4.78 is 14.7. The summed E-state index contributed by atoms with van der Waals surface area (Å²) in [6.45, 7) is 1.52. The van der Waals surface area contributed by atoms with Crippen molar-refractivity contribution in [1.82, 2.24) is 14.7 Å². The van der Waals surface area contributed by atoms with Crippen LogP contribution in [-0.2, 0) is 7.05 Å². The van der Waals surface area contributed by atoms with Crippen molar-refractivity contribution in [2.24, 2.45) is 7.05 Å². The van der Waals surface area contributed by atoms with E-state index in [4.69, 9.17) is 0 Å². The number of rotatable bonds is 3. The number of carbonyl (C=O) groups excluding carboxylic acids is 1. The van der Waals surface area contributed by atoms with E-state index in [1.54, 1.807) is 41.3 Å². The molecule has 0 atom stereocenters. The van der Waals surface area contributed by atoms with Gasteiger partial charge in [-0.2, -0.15) is 5.10 Å². The molecular weight excluding hydrogens is 349 g/mol. The molecule has 0 bridgehead atoms. The number of piperidine rings is 1. The van der Waals surface area contributed by atoms with E-state index in [-0.39, 0.29) is 11.7 Å². The fourth-order valence-electron chi connectivity index (χ4n) is 3.48. The van der Waals surface area contributed by atoms with Crippen LogP contribution in [0.15, 0.2) is 47.8 Å². The minimum Gasteiger partial charge on any atom is -0.337 e. The highest BCUT2D eigenvalue weighted by molar-refractivity contribution is 7.10. The summed E-state index contributed by atoms with van der Waals surface area (Å²) in [6.07, 6.45) is 1.99. The van der Waals surface area contributed by atoms with Crippen LogP contribution >= 0.6 is 11.3 Å². The Morgan fingerprint density at radius 1 is 1.19 bits per heavy atom. The first-order valence-corrected chi connectivity index (χ1v) is 9.62. The Hall–Kier alpha value is -2.47. The Morgan fingerprint density at radius 2 is 1.92 bits per heavy atom. The highest BCUT2D eigenvalue weighted by Crippen LogP contribution is 2.31. The summed E-state index contributed by atoms with van der Waals surface area (Å²) in [4.78, 5) is 16.2. The monoisotopic (exact) mass is 369 g/mol. The first-order valence-electron chi connectivity index (χ1n) is 8.74. The molecule has 0 N–H and O–H groups in total. The molecule has 0 radical (unpaired) electrons. The van der Waals surface area contributed by atoms with Crippen LogP contribution in [0.2, 0.25) is 0 Å². The second-order valence-electron chi connectivity index (χ2n) is 6.63. The van der Waals surface area contributed by atoms with Crippen molar-refractivity contribution in [2.75, 3.05) is 13.1 Å². The largest absolute Gasteiger partial charge is 0.337 e. The van der Waals surface area contributed by atoms with E-state index in [2.05, 4.69) is 22.6 Å². The molecule has 1 amide bonds. The predicted molar refractivity (Wildman–Crippen MR) is 101 cm³/mol. The van der Waals surface area contributed by atoms with Crippen LogP contribution in [0.3, 0.4) is 0 Å². The molecule has 4 nitrogen and oxygen atoms in total. The average Bonchev–Trinajstić information content (AvgIpc) is 3.32. The van der Waals surface area contributed by atoms with Crippen molar-refractivity contribution in [3.63, 3.8) is 0 Å². The average molecular weight is 369 g/mol. The van der Waals surface area contributed by atoms with Gasteiger partial charge in [-0.15, -0.1) is 11.3 Å². The summed E-state index contributed by atoms with van der Waals surface area (Å²) in [5.41, 5.74) is 2.06. The van der Waals surface area contributed by atoms with Crippen molar-refractivity contribution in [1.29, 1.82) is 0 Å². The minimum atomic E-state index is -0.283. The molecule has 1 fully saturated rings. The van der Waals surface area contributed by atoms with E-state index in [0.717, 1.165) is 31.5 Å². The number of likely N-dealkylation sites (tertiary alicyclic amines) is 1. The number of hydrogen-bond acceptors (Lipinski definition) is 3. The summed E-state index contributed by atoms with van der Waals surface area (Å²) in [7, 11) is 1.78. The topological polar surface area (TPSA) is 38.1 Å². The summed E-state index contributed by atoms with van der Waals surface area (Å²) >= 11 is 1.80. The van der Waals surface area contributed by atoms with Gasteiger partial charge in [0.2, 0.25) is 0 Å². The van der Waals surface area contributed by atoms with Crippen LogP contribution in [0.25, 0.3) is 11.3 Å². The lowest BCUT2D eigenvalue weighted by molar-refractivity contribution is 0.0702. The Balaban J connectivity index is 1.48. The minimum absolute atomic E-state index is 0.0120. The zero-order chi connectivity index (χ0) is 18.1. The first-order chi connectivity index (χ1) is 12.6. The molecule has 1 aromatic carbocycles. The molecule has 0 spiro atoms. The van der Waals surface area contributed by atoms with Gasteiger partial charge in [-0.1, -0.05) is 6.07 Å². The number of aromatic nitrogens is 2. The van der Waals surface area contributed by atoms with E-state index in [0.29, 0.717) is 17.3 Å². The van der Waals surface area contributed by atoms with Gasteiger partial charge >= 0.3 is 0 Å². The van der Waals surface area contributed by atoms with E-state index >= 15 is 0 Å². The SMILES string of the molecule is Cn1nc(-c2ccc(F)cc2)cc1C(=O)N1CCC(c2cccs2)CC1. The second kappa shape index (κ2) is 7.03. The van der Waals surface area contributed by atoms with Crippen molar-refractivity contribution >= 4 is 17.2 Å². The molecule has 134 valence electrons. The third-order valence-corrected chi connectivity index (χ3v) is 6.00. The molecule has 0 saturated carbocycles. The van der Waals surface area contributed by atoms with Crippen molar-refractivity contribution in [3.05, 3.63) is 64.2 Å². The molecule has 3 aromatic rings. The molecular formula is C20H20FN3OS. The van der Waals surface area contributed by atoms with E-state index in [1.165, 1.54) is 17.0 Å². The maximum absolute atomic E-state index is 13.1. The standard InChI is InChI=1S/C20H20FN3OS/c1-23-18(13-17(22-23)14-4-6-16(21)7-5-14)20(25)24-10-8-15(9-11-24)19-3-2-12-26-19/h2-7,12-13,15H,8-11H2,1H3. The highest BCUT2D eigenvalue weighted by atomic mass is 32.1. The lowest BCUT2D eigenvalue weighted by Gasteiger charge is -2.31. The lowest BCUT2D eigenvalue weighted by atomic mass is 9.95. The van der Waals surface area contributed by atoms with E-state index in [9.17, 15) is 9.18 Å². The van der Waals surface area contributed by atoms with Gasteiger partial charge in [0.05, 0.1) is 5.69 Å². The van der Waals surface area contributed by atoms with Gasteiger partial charge in [0.25, 0.3) is 5.91 Å². The van der Waals surface area contributed by atoms with Gasteiger partial charge in [0.15, 0.2) is 0 Å². The molecule has 4 rings (SSSR count). The van der Waals surface area contributed by atoms with Gasteiger partial charge in [-0.25, -0.2) is 4.39 Å². The number of aryl methyl sites for hydroxylation is 1. The van der Waals surface area contributed by atoms with Crippen LogP contribution < -0.4 is 0 Å². The molecule has 0 aliphatic carbocycles. The fraction of sp³-hybridized carbons (Fsp3) is 0.300. The molecule has 6 heteroatoms. The van der Waals surface area contributed by atoms with E-state index in [1.807, 2.05) is 4.90 Å². The van der Waals surface area contributed by atoms with E-state index < -0.39 is 0 Å². The molecule has 1 aliphatic heterocycles. The normalized spacial score (nSPS) is 15.4. The van der Waals surface area contributed by atoms with Crippen LogP contribution in [0.1, 0.15) is 34.1 Å². The smallest absolute Gasteiger partial charge is 0.272 e. The number of hydrogen-bond donors (Lipinski definition) is 0. The van der Waals surface area contributed by atoms with Gasteiger partial charge < -0.3 is 4.90 Å². The van der Waals surface area contributed by atoms with Gasteiger partial charge in [-0.3, -0.25) is 9.48 Å². The Kier molecular flexibility index (Phi) is 4.59. The Bertz CT molecular complexity index is 894. The van der Waals surface area contributed by atoms with Crippen molar-refractivity contribution < 1.29 is 9.18 Å². The summed E-state index contributed by atoms with van der Waals surface area (Å²) in [6, 6.07) is 12.2. The molecule has 1 saturated heterocycles. The molecule has 2 aromatic heterocycles. The Morgan fingerprint density at radius 3 is 2.58 bits per heavy atom. The van der Waals surface area contributed by atoms with Crippen LogP contribution in [0, 0.1) is 5.82 Å². The summed E-state index contributed by atoms with van der Waals surface area (Å²) in [5, 5.41) is 6.54. The van der Waals surface area contributed by atoms with Crippen molar-refractivity contribution in [2.45, 2.75) is 18.8 Å². The van der Waals surface area contributed by atoms with Crippen LogP contribution in [0.4, 0.5) is 4.39 Å². The number of nitrogens with zero attached hydrogens (tertiary/aromatic N) is 3. The zero-order valence-corrected chi connectivity index (χ0v) is 15.4. The fourth-order valence-corrected chi connectivity index (χ4v) is 4.38. The molecule has 26 heavy (non-hydrogen) atoms. The highest BCUT2D eigenvalue weighted by Gasteiger charge is 2.27. The lowest BCUT2D eigenvalue weighted by Crippen LogP contribution is -2.38. The molecule has 0 unspecified atom stereocenters. The van der Waals surface area contributed by atoms with Crippen molar-refractivity contribution in [3.8, 4) is 11.3 Å². The first kappa shape index (κ1) is 17.0. The third-order valence-electron chi connectivity index (χ3n) is 4.97. The number of carbonyl (C=O) groups is 1. The Labute approximate surface area is 155 Å². The number of benzene rings is 1. The maximum Gasteiger partial charge on any atom is 0.272 e. The van der Waals surface area contributed by atoms with Crippen LogP contribution in [0.5, 0.6) is 0 Å². The maximum atomic E-state index is 13.1. The molecule has 3 heterocycles. The number of amides is 1. The van der Waals surface area contributed by atoms with Gasteiger partial charge in [0, 0.05) is 30.6 Å². The third kappa shape index (κ3) is 3.29. The quantitative estimate of drug-likeness (QED) is 0.690. The number of thiophene rings is 1. The van der Waals surface area contributed by atoms with Crippen LogP contribution in [-0.4, -0.2) is 33.7 Å². The second-order valence-corrected chi connectivity index (χ2v) is 7.61.